The second kappa shape index (κ2) is 8.16. The summed E-state index contributed by atoms with van der Waals surface area (Å²) in [7, 11) is 0. The number of pyridine rings is 1. The van der Waals surface area contributed by atoms with Gasteiger partial charge in [-0.25, -0.2) is 4.98 Å². The van der Waals surface area contributed by atoms with Crippen molar-refractivity contribution in [2.75, 3.05) is 11.9 Å². The predicted octanol–water partition coefficient (Wildman–Crippen LogP) is 4.95. The molecule has 0 amide bonds. The molecule has 2 N–H and O–H groups in total. The molecule has 0 atom stereocenters. The van der Waals surface area contributed by atoms with Crippen molar-refractivity contribution in [3.8, 4) is 0 Å². The van der Waals surface area contributed by atoms with Gasteiger partial charge in [-0.3, -0.25) is 4.68 Å². The highest BCUT2D eigenvalue weighted by molar-refractivity contribution is 7.26. The lowest BCUT2D eigenvalue weighted by molar-refractivity contribution is 0.272. The Kier molecular flexibility index (Phi) is 5.90. The highest BCUT2D eigenvalue weighted by Crippen LogP contribution is 2.39. The molecular formula is C19H24N4OS2. The summed E-state index contributed by atoms with van der Waals surface area (Å²) >= 11 is 3.39. The molecule has 0 saturated carbocycles. The fourth-order valence-electron chi connectivity index (χ4n) is 3.00. The van der Waals surface area contributed by atoms with E-state index in [0.29, 0.717) is 6.54 Å². The molecule has 0 aliphatic carbocycles. The van der Waals surface area contributed by atoms with E-state index in [4.69, 9.17) is 0 Å². The Morgan fingerprint density at radius 3 is 2.77 bits per heavy atom. The van der Waals surface area contributed by atoms with E-state index in [1.165, 1.54) is 10.4 Å². The second-order valence-electron chi connectivity index (χ2n) is 5.77. The minimum atomic E-state index is 0.0663. The van der Waals surface area contributed by atoms with Crippen molar-refractivity contribution in [3.63, 3.8) is 0 Å². The van der Waals surface area contributed by atoms with Crippen molar-refractivity contribution >= 4 is 48.9 Å². The number of anilines is 1. The smallest absolute Gasteiger partial charge is 0.166 e. The number of aryl methyl sites for hydroxylation is 2. The topological polar surface area (TPSA) is 63.0 Å². The second-order valence-corrected chi connectivity index (χ2v) is 7.80. The van der Waals surface area contributed by atoms with Crippen LogP contribution < -0.4 is 5.32 Å². The number of hydrogen-bond acceptors (Lipinski definition) is 6. The number of aliphatic hydroxyl groups excluding tert-OH is 1. The van der Waals surface area contributed by atoms with Crippen LogP contribution in [0.15, 0.2) is 23.6 Å². The molecule has 138 valence electrons. The zero-order valence-electron chi connectivity index (χ0n) is 15.5. The Balaban J connectivity index is 0.000000948. The average Bonchev–Trinajstić information content (AvgIpc) is 3.32. The molecule has 4 rings (SSSR count). The maximum absolute atomic E-state index is 9.40. The maximum atomic E-state index is 9.40. The molecule has 0 saturated heterocycles. The summed E-state index contributed by atoms with van der Waals surface area (Å²) in [6.07, 6.45) is 0. The number of fused-ring (bicyclic) bond motifs is 3. The van der Waals surface area contributed by atoms with Gasteiger partial charge < -0.3 is 10.4 Å². The standard InChI is InChI=1S/C17H18N4OS2.C2H6/c1-10-8-11(2)19-17-13(10)14-15(24-17)16(20-21(14)5-6-22)18-9-12-4-3-7-23-12;1-2/h3-4,7-8,22H,5-6,9H2,1-2H3,(H,18,20);1-2H3. The Labute approximate surface area is 161 Å². The number of nitrogens with zero attached hydrogens (tertiary/aromatic N) is 3. The zero-order valence-corrected chi connectivity index (χ0v) is 17.2. The number of rotatable bonds is 5. The Hall–Kier alpha value is -1.96. The highest BCUT2D eigenvalue weighted by Gasteiger charge is 2.19. The highest BCUT2D eigenvalue weighted by atomic mass is 32.1. The monoisotopic (exact) mass is 388 g/mol. The summed E-state index contributed by atoms with van der Waals surface area (Å²) in [4.78, 5) is 6.99. The van der Waals surface area contributed by atoms with E-state index in [1.54, 1.807) is 22.7 Å². The van der Waals surface area contributed by atoms with Crippen LogP contribution in [0.1, 0.15) is 30.0 Å². The third kappa shape index (κ3) is 3.47. The van der Waals surface area contributed by atoms with Crippen LogP contribution in [0.3, 0.4) is 0 Å². The van der Waals surface area contributed by atoms with Gasteiger partial charge in [-0.1, -0.05) is 19.9 Å². The summed E-state index contributed by atoms with van der Waals surface area (Å²) in [5, 5.41) is 20.7. The zero-order chi connectivity index (χ0) is 18.7. The average molecular weight is 389 g/mol. The molecule has 5 nitrogen and oxygen atoms in total. The largest absolute Gasteiger partial charge is 0.394 e. The minimum absolute atomic E-state index is 0.0663. The van der Waals surface area contributed by atoms with Crippen LogP contribution >= 0.6 is 22.7 Å². The van der Waals surface area contributed by atoms with Crippen molar-refractivity contribution in [1.29, 1.82) is 0 Å². The molecule has 0 aliphatic heterocycles. The molecule has 0 bridgehead atoms. The van der Waals surface area contributed by atoms with Gasteiger partial charge in [-0.2, -0.15) is 5.10 Å². The van der Waals surface area contributed by atoms with E-state index >= 15 is 0 Å². The van der Waals surface area contributed by atoms with Crippen molar-refractivity contribution in [3.05, 3.63) is 39.7 Å². The van der Waals surface area contributed by atoms with Gasteiger partial charge in [-0.05, 0) is 36.9 Å². The molecule has 0 aliphatic rings. The first-order valence-electron chi connectivity index (χ1n) is 8.81. The summed E-state index contributed by atoms with van der Waals surface area (Å²) < 4.78 is 3.01. The lowest BCUT2D eigenvalue weighted by Crippen LogP contribution is -2.05. The van der Waals surface area contributed by atoms with E-state index in [1.807, 2.05) is 25.5 Å². The van der Waals surface area contributed by atoms with Crippen molar-refractivity contribution in [2.24, 2.45) is 0 Å². The van der Waals surface area contributed by atoms with Crippen LogP contribution in [-0.4, -0.2) is 26.5 Å². The predicted molar refractivity (Wildman–Crippen MR) is 112 cm³/mol. The van der Waals surface area contributed by atoms with Gasteiger partial charge in [0.25, 0.3) is 0 Å². The van der Waals surface area contributed by atoms with Gasteiger partial charge in [0.15, 0.2) is 5.82 Å². The molecule has 26 heavy (non-hydrogen) atoms. The summed E-state index contributed by atoms with van der Waals surface area (Å²) in [6, 6.07) is 6.26. The van der Waals surface area contributed by atoms with Gasteiger partial charge in [0, 0.05) is 16.0 Å². The van der Waals surface area contributed by atoms with E-state index in [0.717, 1.165) is 38.5 Å². The number of aromatic nitrogens is 3. The molecule has 0 spiro atoms. The lowest BCUT2D eigenvalue weighted by atomic mass is 10.1. The van der Waals surface area contributed by atoms with Crippen LogP contribution in [0.25, 0.3) is 20.4 Å². The van der Waals surface area contributed by atoms with Gasteiger partial charge in [0.1, 0.15) is 4.83 Å². The van der Waals surface area contributed by atoms with Crippen molar-refractivity contribution in [2.45, 2.75) is 40.8 Å². The first-order valence-corrected chi connectivity index (χ1v) is 10.5. The first-order chi connectivity index (χ1) is 12.7. The van der Waals surface area contributed by atoms with Gasteiger partial charge in [0.2, 0.25) is 0 Å². The van der Waals surface area contributed by atoms with E-state index in [-0.39, 0.29) is 6.61 Å². The third-order valence-corrected chi connectivity index (χ3v) is 5.93. The quantitative estimate of drug-likeness (QED) is 0.507. The molecule has 4 aromatic heterocycles. The minimum Gasteiger partial charge on any atom is -0.394 e. The first kappa shape index (κ1) is 18.8. The van der Waals surface area contributed by atoms with Crippen LogP contribution in [0.5, 0.6) is 0 Å². The molecule has 4 aromatic rings. The molecule has 0 unspecified atom stereocenters. The molecule has 4 heterocycles. The van der Waals surface area contributed by atoms with Gasteiger partial charge in [-0.15, -0.1) is 22.7 Å². The Bertz CT molecular complexity index is 1000. The van der Waals surface area contributed by atoms with Crippen molar-refractivity contribution in [1.82, 2.24) is 14.8 Å². The number of nitrogens with one attached hydrogen (secondary N) is 1. The Morgan fingerprint density at radius 1 is 1.27 bits per heavy atom. The Morgan fingerprint density at radius 2 is 2.08 bits per heavy atom. The summed E-state index contributed by atoms with van der Waals surface area (Å²) in [6.45, 7) is 9.43. The normalized spacial score (nSPS) is 11.0. The van der Waals surface area contributed by atoms with Crippen LogP contribution in [0.2, 0.25) is 0 Å². The SMILES string of the molecule is CC.Cc1cc(C)c2c(n1)sc1c(NCc3cccs3)nn(CCO)c12. The van der Waals surface area contributed by atoms with Crippen LogP contribution in [-0.2, 0) is 13.1 Å². The molecule has 7 heteroatoms. The summed E-state index contributed by atoms with van der Waals surface area (Å²) in [5.41, 5.74) is 3.30. The molecule has 0 aromatic carbocycles. The fraction of sp³-hybridized carbons (Fsp3) is 0.368. The summed E-state index contributed by atoms with van der Waals surface area (Å²) in [5.74, 6) is 0.868. The van der Waals surface area contributed by atoms with Crippen molar-refractivity contribution < 1.29 is 5.11 Å². The van der Waals surface area contributed by atoms with Gasteiger partial charge >= 0.3 is 0 Å². The van der Waals surface area contributed by atoms with E-state index in [2.05, 4.69) is 45.9 Å². The van der Waals surface area contributed by atoms with E-state index < -0.39 is 0 Å². The number of aliphatic hydroxyl groups is 1. The molecule has 0 fully saturated rings. The van der Waals surface area contributed by atoms with Crippen LogP contribution in [0.4, 0.5) is 5.82 Å². The lowest BCUT2D eigenvalue weighted by Gasteiger charge is -2.03. The van der Waals surface area contributed by atoms with E-state index in [9.17, 15) is 5.11 Å². The molecule has 0 radical (unpaired) electrons. The van der Waals surface area contributed by atoms with Gasteiger partial charge in [0.05, 0.1) is 29.9 Å². The van der Waals surface area contributed by atoms with Crippen LogP contribution in [0, 0.1) is 13.8 Å². The number of thiophene rings is 2. The third-order valence-electron chi connectivity index (χ3n) is 3.98. The molecular weight excluding hydrogens is 364 g/mol. The fourth-order valence-corrected chi connectivity index (χ4v) is 4.90. The number of hydrogen-bond donors (Lipinski definition) is 2. The maximum Gasteiger partial charge on any atom is 0.166 e.